The largest absolute Gasteiger partial charge is 0.494 e. The van der Waals surface area contributed by atoms with Gasteiger partial charge in [0.15, 0.2) is 0 Å². The molecule has 138 valence electrons. The van der Waals surface area contributed by atoms with Gasteiger partial charge in [0.05, 0.1) is 12.2 Å². The van der Waals surface area contributed by atoms with Crippen LogP contribution in [0.5, 0.6) is 5.75 Å². The second kappa shape index (κ2) is 9.56. The van der Waals surface area contributed by atoms with Crippen LogP contribution in [-0.4, -0.2) is 18.5 Å². The molecule has 5 nitrogen and oxygen atoms in total. The van der Waals surface area contributed by atoms with Crippen LogP contribution in [0.4, 0.5) is 4.39 Å². The van der Waals surface area contributed by atoms with Gasteiger partial charge in [-0.1, -0.05) is 31.9 Å². The van der Waals surface area contributed by atoms with Crippen molar-refractivity contribution in [2.24, 2.45) is 5.73 Å². The second-order valence-corrected chi connectivity index (χ2v) is 5.82. The molecule has 0 saturated carbocycles. The van der Waals surface area contributed by atoms with Gasteiger partial charge in [-0.05, 0) is 42.8 Å². The number of ether oxygens (including phenoxy) is 2. The first kappa shape index (κ1) is 19.4. The number of carbonyl (C=O) groups is 2. The van der Waals surface area contributed by atoms with Crippen molar-refractivity contribution in [2.75, 3.05) is 6.61 Å². The van der Waals surface area contributed by atoms with Crippen molar-refractivity contribution in [3.8, 4) is 5.75 Å². The average molecular weight is 359 g/mol. The minimum atomic E-state index is -1.28. The molecule has 0 bridgehead atoms. The Labute approximate surface area is 151 Å². The molecule has 1 atom stereocenters. The lowest BCUT2D eigenvalue weighted by molar-refractivity contribution is -0.127. The van der Waals surface area contributed by atoms with Crippen molar-refractivity contribution in [1.29, 1.82) is 0 Å². The van der Waals surface area contributed by atoms with Crippen molar-refractivity contribution in [3.63, 3.8) is 0 Å². The quantitative estimate of drug-likeness (QED) is 0.546. The number of rotatable bonds is 9. The molecular weight excluding hydrogens is 337 g/mol. The van der Waals surface area contributed by atoms with Crippen LogP contribution in [0.25, 0.3) is 0 Å². The van der Waals surface area contributed by atoms with E-state index in [1.807, 2.05) is 0 Å². The van der Waals surface area contributed by atoms with Crippen LogP contribution < -0.4 is 10.5 Å². The molecule has 0 aliphatic carbocycles. The molecule has 2 aromatic rings. The third-order valence-corrected chi connectivity index (χ3v) is 3.76. The molecule has 1 amide bonds. The summed E-state index contributed by atoms with van der Waals surface area (Å²) in [5, 5.41) is 0. The zero-order valence-electron chi connectivity index (χ0n) is 14.6. The molecule has 2 N–H and O–H groups in total. The maximum atomic E-state index is 13.0. The fourth-order valence-electron chi connectivity index (χ4n) is 2.33. The van der Waals surface area contributed by atoms with E-state index in [1.165, 1.54) is 24.3 Å². The predicted octanol–water partition coefficient (Wildman–Crippen LogP) is 3.78. The number of hydrogen-bond donors (Lipinski definition) is 1. The number of halogens is 1. The Hall–Kier alpha value is -2.89. The van der Waals surface area contributed by atoms with E-state index in [0.717, 1.165) is 19.3 Å². The van der Waals surface area contributed by atoms with E-state index < -0.39 is 23.8 Å². The predicted molar refractivity (Wildman–Crippen MR) is 95.2 cm³/mol. The fourth-order valence-corrected chi connectivity index (χ4v) is 2.33. The van der Waals surface area contributed by atoms with Crippen LogP contribution in [0.2, 0.25) is 0 Å². The normalized spacial score (nSPS) is 11.6. The van der Waals surface area contributed by atoms with Gasteiger partial charge in [-0.3, -0.25) is 4.79 Å². The van der Waals surface area contributed by atoms with Crippen LogP contribution in [0.15, 0.2) is 48.5 Å². The van der Waals surface area contributed by atoms with Crippen LogP contribution in [0, 0.1) is 5.82 Å². The number of unbranched alkanes of at least 4 members (excludes halogenated alkanes) is 2. The van der Waals surface area contributed by atoms with Crippen LogP contribution in [0.1, 0.15) is 48.2 Å². The third-order valence-electron chi connectivity index (χ3n) is 3.76. The number of esters is 1. The lowest BCUT2D eigenvalue weighted by Gasteiger charge is -2.15. The van der Waals surface area contributed by atoms with Gasteiger partial charge in [-0.2, -0.15) is 0 Å². The van der Waals surface area contributed by atoms with Crippen molar-refractivity contribution < 1.29 is 23.5 Å². The van der Waals surface area contributed by atoms with E-state index >= 15 is 0 Å². The molecule has 0 aliphatic heterocycles. The minimum absolute atomic E-state index is 0.263. The van der Waals surface area contributed by atoms with E-state index in [-0.39, 0.29) is 5.56 Å². The molecule has 26 heavy (non-hydrogen) atoms. The highest BCUT2D eigenvalue weighted by Gasteiger charge is 2.23. The summed E-state index contributed by atoms with van der Waals surface area (Å²) in [7, 11) is 0. The molecule has 1 unspecified atom stereocenters. The van der Waals surface area contributed by atoms with Crippen LogP contribution >= 0.6 is 0 Å². The molecule has 0 aliphatic rings. The smallest absolute Gasteiger partial charge is 0.339 e. The lowest BCUT2D eigenvalue weighted by atomic mass is 10.1. The van der Waals surface area contributed by atoms with E-state index in [1.54, 1.807) is 24.3 Å². The number of nitrogens with two attached hydrogens (primary N) is 1. The Kier molecular flexibility index (Phi) is 7.14. The molecule has 2 rings (SSSR count). The number of benzene rings is 2. The Morgan fingerprint density at radius 1 is 1.04 bits per heavy atom. The number of carbonyl (C=O) groups excluding carboxylic acids is 2. The summed E-state index contributed by atoms with van der Waals surface area (Å²) in [6, 6.07) is 11.5. The number of amides is 1. The maximum absolute atomic E-state index is 13.0. The second-order valence-electron chi connectivity index (χ2n) is 5.82. The molecule has 0 radical (unpaired) electrons. The summed E-state index contributed by atoms with van der Waals surface area (Å²) >= 11 is 0. The van der Waals surface area contributed by atoms with Gasteiger partial charge in [0, 0.05) is 5.56 Å². The van der Waals surface area contributed by atoms with E-state index in [4.69, 9.17) is 15.2 Å². The maximum Gasteiger partial charge on any atom is 0.339 e. The summed E-state index contributed by atoms with van der Waals surface area (Å²) in [6.45, 7) is 2.73. The first-order valence-corrected chi connectivity index (χ1v) is 8.50. The molecule has 0 spiro atoms. The molecule has 0 aromatic heterocycles. The summed E-state index contributed by atoms with van der Waals surface area (Å²) in [6.07, 6.45) is 1.90. The number of hydrogen-bond acceptors (Lipinski definition) is 4. The monoisotopic (exact) mass is 359 g/mol. The lowest BCUT2D eigenvalue weighted by Crippen LogP contribution is -2.26. The van der Waals surface area contributed by atoms with Crippen LogP contribution in [0.3, 0.4) is 0 Å². The topological polar surface area (TPSA) is 78.6 Å². The first-order chi connectivity index (χ1) is 12.5. The molecule has 2 aromatic carbocycles. The van der Waals surface area contributed by atoms with E-state index in [0.29, 0.717) is 17.9 Å². The third kappa shape index (κ3) is 5.58. The highest BCUT2D eigenvalue weighted by molar-refractivity contribution is 5.92. The van der Waals surface area contributed by atoms with Gasteiger partial charge in [0.2, 0.25) is 6.10 Å². The SMILES string of the molecule is CCCCCOc1ccc(C(=O)OC(C(N)=O)c2ccc(F)cc2)cc1. The number of primary amides is 1. The minimum Gasteiger partial charge on any atom is -0.494 e. The molecule has 6 heteroatoms. The Balaban J connectivity index is 2.00. The standard InChI is InChI=1S/C20H22FNO4/c1-2-3-4-13-25-17-11-7-15(8-12-17)20(24)26-18(19(22)23)14-5-9-16(21)10-6-14/h5-12,18H,2-4,13H2,1H3,(H2,22,23). The molecular formula is C20H22FNO4. The Morgan fingerprint density at radius 2 is 1.69 bits per heavy atom. The van der Waals surface area contributed by atoms with Crippen molar-refractivity contribution >= 4 is 11.9 Å². The van der Waals surface area contributed by atoms with Gasteiger partial charge in [-0.15, -0.1) is 0 Å². The van der Waals surface area contributed by atoms with E-state index in [2.05, 4.69) is 6.92 Å². The summed E-state index contributed by atoms with van der Waals surface area (Å²) in [5.41, 5.74) is 5.88. The van der Waals surface area contributed by atoms with E-state index in [9.17, 15) is 14.0 Å². The van der Waals surface area contributed by atoms with Crippen molar-refractivity contribution in [2.45, 2.75) is 32.3 Å². The fraction of sp³-hybridized carbons (Fsp3) is 0.300. The highest BCUT2D eigenvalue weighted by atomic mass is 19.1. The molecule has 0 saturated heterocycles. The van der Waals surface area contributed by atoms with Gasteiger partial charge in [0.25, 0.3) is 5.91 Å². The summed E-state index contributed by atoms with van der Waals surface area (Å²) < 4.78 is 23.8. The Bertz CT molecular complexity index is 728. The van der Waals surface area contributed by atoms with Crippen molar-refractivity contribution in [1.82, 2.24) is 0 Å². The van der Waals surface area contributed by atoms with Gasteiger partial charge in [0.1, 0.15) is 11.6 Å². The molecule has 0 fully saturated rings. The average Bonchev–Trinajstić information content (AvgIpc) is 2.64. The van der Waals surface area contributed by atoms with Gasteiger partial charge >= 0.3 is 5.97 Å². The van der Waals surface area contributed by atoms with Gasteiger partial charge in [-0.25, -0.2) is 9.18 Å². The summed E-state index contributed by atoms with van der Waals surface area (Å²) in [4.78, 5) is 23.9. The highest BCUT2D eigenvalue weighted by Crippen LogP contribution is 2.21. The zero-order chi connectivity index (χ0) is 18.9. The molecule has 0 heterocycles. The first-order valence-electron chi connectivity index (χ1n) is 8.50. The van der Waals surface area contributed by atoms with Gasteiger partial charge < -0.3 is 15.2 Å². The summed E-state index contributed by atoms with van der Waals surface area (Å²) in [5.74, 6) is -1.34. The van der Waals surface area contributed by atoms with Crippen LogP contribution in [-0.2, 0) is 9.53 Å². The zero-order valence-corrected chi connectivity index (χ0v) is 14.6. The Morgan fingerprint density at radius 3 is 2.27 bits per heavy atom. The van der Waals surface area contributed by atoms with Crippen molar-refractivity contribution in [3.05, 3.63) is 65.5 Å².